The monoisotopic (exact) mass is 427 g/mol. The number of aryl methyl sites for hydroxylation is 1. The van der Waals surface area contributed by atoms with Crippen molar-refractivity contribution in [1.29, 1.82) is 0 Å². The van der Waals surface area contributed by atoms with Crippen LogP contribution in [-0.4, -0.2) is 25.9 Å². The van der Waals surface area contributed by atoms with Crippen LogP contribution in [0.15, 0.2) is 71.9 Å². The fourth-order valence-electron chi connectivity index (χ4n) is 3.67. The largest absolute Gasteiger partial charge is 0.321 e. The van der Waals surface area contributed by atoms with Crippen LogP contribution in [0, 0.1) is 5.92 Å². The molecule has 3 aromatic heterocycles. The van der Waals surface area contributed by atoms with Crippen LogP contribution < -0.4 is 16.2 Å². The summed E-state index contributed by atoms with van der Waals surface area (Å²) in [5, 5.41) is 6.55. The zero-order valence-electron chi connectivity index (χ0n) is 17.4. The number of nitrogens with one attached hydrogen (secondary N) is 2. The number of carbonyl (C=O) groups excluding carboxylic acids is 2. The zero-order chi connectivity index (χ0) is 22.2. The molecule has 1 aliphatic carbocycles. The molecule has 1 saturated carbocycles. The quantitative estimate of drug-likeness (QED) is 0.510. The Hall–Kier alpha value is -4.20. The van der Waals surface area contributed by atoms with Gasteiger partial charge in [-0.25, -0.2) is 4.98 Å². The molecule has 0 aliphatic heterocycles. The normalized spacial score (nSPS) is 13.2. The van der Waals surface area contributed by atoms with Gasteiger partial charge in [0.25, 0.3) is 11.5 Å². The fraction of sp³-hybridized carbons (Fsp3) is 0.167. The summed E-state index contributed by atoms with van der Waals surface area (Å²) in [7, 11) is 1.61. The predicted molar refractivity (Wildman–Crippen MR) is 122 cm³/mol. The molecule has 0 unspecified atom stereocenters. The highest BCUT2D eigenvalue weighted by molar-refractivity contribution is 6.08. The summed E-state index contributed by atoms with van der Waals surface area (Å²) in [4.78, 5) is 41.3. The van der Waals surface area contributed by atoms with Crippen molar-refractivity contribution < 1.29 is 9.59 Å². The van der Waals surface area contributed by atoms with E-state index in [-0.39, 0.29) is 22.9 Å². The molecule has 1 fully saturated rings. The summed E-state index contributed by atoms with van der Waals surface area (Å²) < 4.78 is 3.33. The molecule has 0 spiro atoms. The third-order valence-electron chi connectivity index (χ3n) is 5.57. The molecule has 5 rings (SSSR count). The first-order chi connectivity index (χ1) is 15.5. The molecule has 0 radical (unpaired) electrons. The minimum Gasteiger partial charge on any atom is -0.321 e. The second-order valence-corrected chi connectivity index (χ2v) is 7.88. The third-order valence-corrected chi connectivity index (χ3v) is 5.57. The van der Waals surface area contributed by atoms with Crippen molar-refractivity contribution in [2.24, 2.45) is 13.0 Å². The zero-order valence-corrected chi connectivity index (χ0v) is 17.4. The minimum atomic E-state index is -0.458. The van der Waals surface area contributed by atoms with Crippen molar-refractivity contribution >= 4 is 34.2 Å². The lowest BCUT2D eigenvalue weighted by molar-refractivity contribution is -0.117. The van der Waals surface area contributed by atoms with Crippen LogP contribution >= 0.6 is 0 Å². The third kappa shape index (κ3) is 3.66. The Morgan fingerprint density at radius 2 is 1.88 bits per heavy atom. The molecule has 32 heavy (non-hydrogen) atoms. The molecular formula is C24H21N5O3. The number of hydrogen-bond acceptors (Lipinski definition) is 4. The Balaban J connectivity index is 1.46. The summed E-state index contributed by atoms with van der Waals surface area (Å²) in [5.74, 6) is 0.149. The summed E-state index contributed by atoms with van der Waals surface area (Å²) >= 11 is 0. The van der Waals surface area contributed by atoms with Gasteiger partial charge < -0.3 is 19.8 Å². The second kappa shape index (κ2) is 7.81. The number of hydrogen-bond donors (Lipinski definition) is 2. The number of fused-ring (bicyclic) bond motifs is 1. The van der Waals surface area contributed by atoms with Gasteiger partial charge in [-0.2, -0.15) is 0 Å². The van der Waals surface area contributed by atoms with Gasteiger partial charge >= 0.3 is 0 Å². The molecule has 8 nitrogen and oxygen atoms in total. The van der Waals surface area contributed by atoms with Crippen LogP contribution in [0.5, 0.6) is 0 Å². The number of benzene rings is 1. The van der Waals surface area contributed by atoms with Crippen LogP contribution in [-0.2, 0) is 11.8 Å². The molecule has 0 saturated heterocycles. The van der Waals surface area contributed by atoms with Crippen molar-refractivity contribution in [3.8, 4) is 5.69 Å². The van der Waals surface area contributed by atoms with Crippen molar-refractivity contribution in [1.82, 2.24) is 14.1 Å². The molecule has 1 aliphatic rings. The molecular weight excluding hydrogens is 406 g/mol. The molecule has 3 heterocycles. The van der Waals surface area contributed by atoms with E-state index >= 15 is 0 Å². The first kappa shape index (κ1) is 19.7. The van der Waals surface area contributed by atoms with Crippen LogP contribution in [0.4, 0.5) is 11.5 Å². The summed E-state index contributed by atoms with van der Waals surface area (Å²) in [6.07, 6.45) is 7.01. The molecule has 4 aromatic rings. The van der Waals surface area contributed by atoms with E-state index in [9.17, 15) is 14.4 Å². The lowest BCUT2D eigenvalue weighted by atomic mass is 10.2. The number of pyridine rings is 2. The van der Waals surface area contributed by atoms with E-state index in [0.29, 0.717) is 11.5 Å². The molecule has 2 N–H and O–H groups in total. The average Bonchev–Trinajstić information content (AvgIpc) is 3.55. The first-order valence-corrected chi connectivity index (χ1v) is 10.4. The highest BCUT2D eigenvalue weighted by atomic mass is 16.2. The molecule has 160 valence electrons. The van der Waals surface area contributed by atoms with Crippen LogP contribution in [0.3, 0.4) is 0 Å². The van der Waals surface area contributed by atoms with Gasteiger partial charge in [-0.15, -0.1) is 0 Å². The Morgan fingerprint density at radius 1 is 1.03 bits per heavy atom. The lowest BCUT2D eigenvalue weighted by Crippen LogP contribution is -2.27. The van der Waals surface area contributed by atoms with Gasteiger partial charge in [0.2, 0.25) is 5.91 Å². The molecule has 1 aromatic carbocycles. The molecule has 2 amide bonds. The van der Waals surface area contributed by atoms with E-state index in [1.165, 1.54) is 10.6 Å². The minimum absolute atomic E-state index is 0.00377. The smallest absolute Gasteiger partial charge is 0.263 e. The Morgan fingerprint density at radius 3 is 2.69 bits per heavy atom. The van der Waals surface area contributed by atoms with E-state index in [1.807, 2.05) is 41.1 Å². The van der Waals surface area contributed by atoms with Crippen LogP contribution in [0.2, 0.25) is 0 Å². The number of rotatable bonds is 5. The van der Waals surface area contributed by atoms with Crippen molar-refractivity contribution in [2.75, 3.05) is 10.6 Å². The number of nitrogens with zero attached hydrogens (tertiary/aromatic N) is 3. The standard InChI is InChI=1S/C24H21N5O3/c1-28-12-3-4-18(24(28)32)23(31)26-19-5-2-6-20-17(19)10-13-29(20)16-9-11-25-21(14-16)27-22(30)15-7-8-15/h2-6,9-15H,7-8H2,1H3,(H,26,31)(H,25,27,30). The summed E-state index contributed by atoms with van der Waals surface area (Å²) in [6, 6.07) is 14.3. The van der Waals surface area contributed by atoms with E-state index in [1.54, 1.807) is 31.6 Å². The van der Waals surface area contributed by atoms with E-state index in [0.717, 1.165) is 29.4 Å². The summed E-state index contributed by atoms with van der Waals surface area (Å²) in [5.41, 5.74) is 2.04. The highest BCUT2D eigenvalue weighted by Gasteiger charge is 2.29. The Labute approximate surface area is 183 Å². The van der Waals surface area contributed by atoms with Gasteiger partial charge in [0.1, 0.15) is 11.4 Å². The van der Waals surface area contributed by atoms with E-state index in [4.69, 9.17) is 0 Å². The maximum Gasteiger partial charge on any atom is 0.263 e. The van der Waals surface area contributed by atoms with Gasteiger partial charge in [-0.05, 0) is 49.2 Å². The van der Waals surface area contributed by atoms with Gasteiger partial charge in [0.15, 0.2) is 0 Å². The van der Waals surface area contributed by atoms with Crippen molar-refractivity contribution in [3.63, 3.8) is 0 Å². The number of anilines is 2. The van der Waals surface area contributed by atoms with Crippen molar-refractivity contribution in [3.05, 3.63) is 83.0 Å². The van der Waals surface area contributed by atoms with Gasteiger partial charge in [-0.1, -0.05) is 6.07 Å². The van der Waals surface area contributed by atoms with E-state index < -0.39 is 5.91 Å². The highest BCUT2D eigenvalue weighted by Crippen LogP contribution is 2.31. The number of aromatic nitrogens is 3. The molecule has 0 atom stereocenters. The van der Waals surface area contributed by atoms with Gasteiger partial charge in [0, 0.05) is 43.0 Å². The number of amides is 2. The van der Waals surface area contributed by atoms with Gasteiger partial charge in [0.05, 0.1) is 16.9 Å². The Kier molecular flexibility index (Phi) is 4.82. The maximum absolute atomic E-state index is 12.7. The summed E-state index contributed by atoms with van der Waals surface area (Å²) in [6.45, 7) is 0. The van der Waals surface area contributed by atoms with Crippen molar-refractivity contribution in [2.45, 2.75) is 12.8 Å². The lowest BCUT2D eigenvalue weighted by Gasteiger charge is -2.10. The first-order valence-electron chi connectivity index (χ1n) is 10.4. The SMILES string of the molecule is Cn1cccc(C(=O)Nc2cccc3c2ccn3-c2ccnc(NC(=O)C3CC3)c2)c1=O. The average molecular weight is 427 g/mol. The van der Waals surface area contributed by atoms with Crippen LogP contribution in [0.25, 0.3) is 16.6 Å². The van der Waals surface area contributed by atoms with Gasteiger partial charge in [-0.3, -0.25) is 14.4 Å². The topological polar surface area (TPSA) is 98.0 Å². The molecule has 8 heteroatoms. The van der Waals surface area contributed by atoms with Crippen LogP contribution in [0.1, 0.15) is 23.2 Å². The Bertz CT molecular complexity index is 1410. The molecule has 0 bridgehead atoms. The maximum atomic E-state index is 12.7. The number of carbonyl (C=O) groups is 2. The van der Waals surface area contributed by atoms with E-state index in [2.05, 4.69) is 15.6 Å². The second-order valence-electron chi connectivity index (χ2n) is 7.88. The predicted octanol–water partition coefficient (Wildman–Crippen LogP) is 3.33. The fourth-order valence-corrected chi connectivity index (χ4v) is 3.67.